The van der Waals surface area contributed by atoms with Crippen molar-refractivity contribution in [2.45, 2.75) is 26.4 Å². The van der Waals surface area contributed by atoms with Gasteiger partial charge < -0.3 is 36.0 Å². The predicted molar refractivity (Wildman–Crippen MR) is 83.0 cm³/mol. The zero-order valence-electron chi connectivity index (χ0n) is 13.5. The SMILES string of the molecule is Oc1ccccc1.[CH2-]CN(C[CH2-])C(=O)OC(C)(C)C.[CH3-].[Y+3]. The zero-order chi connectivity index (χ0) is 14.9. The molecular formula is C16H26NO3Y. The largest absolute Gasteiger partial charge is 3.00 e. The Morgan fingerprint density at radius 2 is 1.62 bits per heavy atom. The van der Waals surface area contributed by atoms with Crippen LogP contribution in [0.3, 0.4) is 0 Å². The van der Waals surface area contributed by atoms with Gasteiger partial charge in [0, 0.05) is 0 Å². The number of hydrogen-bond acceptors (Lipinski definition) is 3. The molecule has 0 atom stereocenters. The Labute approximate surface area is 154 Å². The summed E-state index contributed by atoms with van der Waals surface area (Å²) in [5.41, 5.74) is -0.445. The molecule has 116 valence electrons. The normalized spacial score (nSPS) is 9.19. The van der Waals surface area contributed by atoms with E-state index in [-0.39, 0.29) is 46.2 Å². The van der Waals surface area contributed by atoms with Gasteiger partial charge in [0.05, 0.1) is 0 Å². The van der Waals surface area contributed by atoms with Gasteiger partial charge in [-0.25, -0.2) is 4.79 Å². The molecule has 1 aromatic rings. The second kappa shape index (κ2) is 13.1. The molecule has 0 saturated heterocycles. The van der Waals surface area contributed by atoms with Crippen LogP contribution in [0.5, 0.6) is 5.75 Å². The van der Waals surface area contributed by atoms with Gasteiger partial charge in [-0.2, -0.15) is 0 Å². The number of para-hydroxylation sites is 1. The standard InChI is InChI=1S/C9H17NO2.C6H6O.CH3.Y/c1-6-10(7-2)8(11)12-9(3,4)5;7-6-4-2-1-3-5-6;;/h1-2,6-7H2,3-5H3;1-5,7H;1H3;/q-2;;-1;+3. The first-order chi connectivity index (χ1) is 8.80. The molecule has 4 nitrogen and oxygen atoms in total. The fourth-order valence-corrected chi connectivity index (χ4v) is 1.05. The number of nitrogens with zero attached hydrogens (tertiary/aromatic N) is 1. The van der Waals surface area contributed by atoms with Gasteiger partial charge in [0.25, 0.3) is 0 Å². The van der Waals surface area contributed by atoms with Crippen molar-refractivity contribution < 1.29 is 47.3 Å². The van der Waals surface area contributed by atoms with Gasteiger partial charge in [0.1, 0.15) is 11.4 Å². The van der Waals surface area contributed by atoms with Crippen LogP contribution >= 0.6 is 0 Å². The van der Waals surface area contributed by atoms with Crippen LogP contribution in [0.25, 0.3) is 0 Å². The molecule has 0 aromatic heterocycles. The van der Waals surface area contributed by atoms with Crippen molar-refractivity contribution in [1.29, 1.82) is 0 Å². The summed E-state index contributed by atoms with van der Waals surface area (Å²) in [6, 6.07) is 8.71. The van der Waals surface area contributed by atoms with E-state index < -0.39 is 5.60 Å². The number of rotatable bonds is 2. The molecule has 1 aromatic carbocycles. The summed E-state index contributed by atoms with van der Waals surface area (Å²) < 4.78 is 5.09. The first-order valence-corrected chi connectivity index (χ1v) is 6.10. The fraction of sp³-hybridized carbons (Fsp3) is 0.375. The molecule has 1 rings (SSSR count). The summed E-state index contributed by atoms with van der Waals surface area (Å²) in [4.78, 5) is 12.7. The molecule has 0 aliphatic carbocycles. The summed E-state index contributed by atoms with van der Waals surface area (Å²) >= 11 is 0. The molecule has 1 amide bonds. The number of phenolic OH excluding ortho intramolecular Hbond substituents is 1. The number of carbonyl (C=O) groups excluding carboxylic acids is 1. The van der Waals surface area contributed by atoms with E-state index in [4.69, 9.17) is 9.84 Å². The van der Waals surface area contributed by atoms with Crippen LogP contribution in [-0.4, -0.2) is 34.8 Å². The van der Waals surface area contributed by atoms with Gasteiger partial charge in [-0.15, -0.1) is 13.1 Å². The van der Waals surface area contributed by atoms with Gasteiger partial charge in [0.15, 0.2) is 0 Å². The second-order valence-corrected chi connectivity index (χ2v) is 4.80. The van der Waals surface area contributed by atoms with Crippen LogP contribution in [0.2, 0.25) is 0 Å². The quantitative estimate of drug-likeness (QED) is 0.809. The summed E-state index contributed by atoms with van der Waals surface area (Å²) in [5, 5.41) is 8.63. The second-order valence-electron chi connectivity index (χ2n) is 4.80. The number of aromatic hydroxyl groups is 1. The van der Waals surface area contributed by atoms with E-state index >= 15 is 0 Å². The molecule has 0 unspecified atom stereocenters. The predicted octanol–water partition coefficient (Wildman–Crippen LogP) is 3.73. The summed E-state index contributed by atoms with van der Waals surface area (Å²) in [5.74, 6) is 0.322. The van der Waals surface area contributed by atoms with E-state index in [2.05, 4.69) is 13.8 Å². The number of benzene rings is 1. The maximum absolute atomic E-state index is 11.2. The van der Waals surface area contributed by atoms with Crippen LogP contribution in [0.4, 0.5) is 4.79 Å². The third kappa shape index (κ3) is 14.1. The molecule has 0 saturated carbocycles. The monoisotopic (exact) mass is 369 g/mol. The molecule has 0 aliphatic rings. The van der Waals surface area contributed by atoms with Crippen molar-refractivity contribution in [3.05, 3.63) is 51.6 Å². The van der Waals surface area contributed by atoms with Crippen molar-refractivity contribution in [3.8, 4) is 5.75 Å². The number of phenols is 1. The van der Waals surface area contributed by atoms with Crippen molar-refractivity contribution in [2.24, 2.45) is 0 Å². The Hall–Kier alpha value is -0.606. The van der Waals surface area contributed by atoms with Gasteiger partial charge in [-0.3, -0.25) is 0 Å². The molecule has 0 fully saturated rings. The summed E-state index contributed by atoms with van der Waals surface area (Å²) in [6.07, 6.45) is -0.354. The van der Waals surface area contributed by atoms with E-state index in [1.807, 2.05) is 26.8 Å². The average Bonchev–Trinajstić information content (AvgIpc) is 2.30. The van der Waals surface area contributed by atoms with Gasteiger partial charge in [-0.1, -0.05) is 18.2 Å². The minimum absolute atomic E-state index is 0. The van der Waals surface area contributed by atoms with E-state index in [9.17, 15) is 4.79 Å². The van der Waals surface area contributed by atoms with E-state index in [1.165, 1.54) is 4.90 Å². The van der Waals surface area contributed by atoms with E-state index in [0.29, 0.717) is 18.8 Å². The Morgan fingerprint density at radius 3 is 1.86 bits per heavy atom. The third-order valence-electron chi connectivity index (χ3n) is 1.95. The van der Waals surface area contributed by atoms with Gasteiger partial charge >= 0.3 is 38.8 Å². The first kappa shape index (κ1) is 25.4. The molecule has 0 aliphatic heterocycles. The van der Waals surface area contributed by atoms with Crippen LogP contribution in [0, 0.1) is 21.3 Å². The van der Waals surface area contributed by atoms with Crippen LogP contribution in [0.15, 0.2) is 30.3 Å². The van der Waals surface area contributed by atoms with Crippen LogP contribution in [0.1, 0.15) is 20.8 Å². The molecule has 0 heterocycles. The van der Waals surface area contributed by atoms with Gasteiger partial charge in [0.2, 0.25) is 0 Å². The number of ether oxygens (including phenoxy) is 1. The average molecular weight is 369 g/mol. The van der Waals surface area contributed by atoms with Crippen molar-refractivity contribution in [3.63, 3.8) is 0 Å². The topological polar surface area (TPSA) is 49.8 Å². The van der Waals surface area contributed by atoms with Crippen molar-refractivity contribution in [2.75, 3.05) is 13.1 Å². The number of amides is 1. The van der Waals surface area contributed by atoms with Crippen LogP contribution in [-0.2, 0) is 37.4 Å². The van der Waals surface area contributed by atoms with E-state index in [0.717, 1.165) is 0 Å². The zero-order valence-corrected chi connectivity index (χ0v) is 16.3. The van der Waals surface area contributed by atoms with E-state index in [1.54, 1.807) is 24.3 Å². The fourth-order valence-electron chi connectivity index (χ4n) is 1.05. The number of carbonyl (C=O) groups is 1. The van der Waals surface area contributed by atoms with Crippen molar-refractivity contribution >= 4 is 6.09 Å². The Bertz CT molecular complexity index is 360. The van der Waals surface area contributed by atoms with Crippen molar-refractivity contribution in [1.82, 2.24) is 4.90 Å². The maximum atomic E-state index is 11.2. The molecule has 0 bridgehead atoms. The smallest absolute Gasteiger partial charge is 0.508 e. The van der Waals surface area contributed by atoms with Crippen LogP contribution < -0.4 is 0 Å². The maximum Gasteiger partial charge on any atom is 3.00 e. The Morgan fingerprint density at radius 1 is 1.19 bits per heavy atom. The summed E-state index contributed by atoms with van der Waals surface area (Å²) in [6.45, 7) is 13.4. The number of hydrogen-bond donors (Lipinski definition) is 1. The molecule has 5 heteroatoms. The molecular weight excluding hydrogens is 343 g/mol. The minimum atomic E-state index is -0.445. The first-order valence-electron chi connectivity index (χ1n) is 6.10. The summed E-state index contributed by atoms with van der Waals surface area (Å²) in [7, 11) is 0. The molecule has 0 radical (unpaired) electrons. The minimum Gasteiger partial charge on any atom is -0.508 e. The Kier molecular flexibility index (Phi) is 15.8. The van der Waals surface area contributed by atoms with Gasteiger partial charge in [-0.05, 0) is 32.9 Å². The molecule has 0 spiro atoms. The molecule has 1 N–H and O–H groups in total. The molecule has 21 heavy (non-hydrogen) atoms. The third-order valence-corrected chi connectivity index (χ3v) is 1.95. The Balaban J connectivity index is -0.000000310.